The minimum Gasteiger partial charge on any atom is -0.466 e. The van der Waals surface area contributed by atoms with E-state index in [0.717, 1.165) is 25.7 Å². The molecular weight excluding hydrogens is 268 g/mol. The number of rotatable bonds is 10. The average Bonchev–Trinajstić information content (AvgIpc) is 2.48. The summed E-state index contributed by atoms with van der Waals surface area (Å²) in [4.78, 5) is 22.6. The van der Waals surface area contributed by atoms with E-state index in [1.54, 1.807) is 6.92 Å². The van der Waals surface area contributed by atoms with Crippen molar-refractivity contribution in [2.24, 2.45) is 0 Å². The molecule has 0 aliphatic rings. The van der Waals surface area contributed by atoms with Crippen LogP contribution in [0.4, 0.5) is 0 Å². The second kappa shape index (κ2) is 10.9. The second-order valence-electron chi connectivity index (χ2n) is 4.82. The molecule has 4 nitrogen and oxygen atoms in total. The van der Waals surface area contributed by atoms with Gasteiger partial charge in [-0.1, -0.05) is 36.8 Å². The van der Waals surface area contributed by atoms with Crippen LogP contribution in [0.1, 0.15) is 44.6 Å². The van der Waals surface area contributed by atoms with Crippen molar-refractivity contribution >= 4 is 11.9 Å². The van der Waals surface area contributed by atoms with Gasteiger partial charge in [0.05, 0.1) is 13.2 Å². The van der Waals surface area contributed by atoms with E-state index in [-0.39, 0.29) is 11.9 Å². The van der Waals surface area contributed by atoms with Crippen LogP contribution in [0.25, 0.3) is 0 Å². The molecule has 0 spiro atoms. The summed E-state index contributed by atoms with van der Waals surface area (Å²) in [5.74, 6) is -0.329. The summed E-state index contributed by atoms with van der Waals surface area (Å²) in [5.41, 5.74) is 1.17. The van der Waals surface area contributed by atoms with Crippen molar-refractivity contribution in [2.45, 2.75) is 45.4 Å². The van der Waals surface area contributed by atoms with Gasteiger partial charge >= 0.3 is 11.9 Å². The molecule has 4 heteroatoms. The summed E-state index contributed by atoms with van der Waals surface area (Å²) in [6.07, 6.45) is 3.94. The molecule has 0 amide bonds. The molecule has 0 radical (unpaired) electrons. The number of hydrogen-bond acceptors (Lipinski definition) is 4. The van der Waals surface area contributed by atoms with Crippen molar-refractivity contribution in [1.29, 1.82) is 0 Å². The normalized spacial score (nSPS) is 10.1. The Balaban J connectivity index is 1.98. The van der Waals surface area contributed by atoms with E-state index in [0.29, 0.717) is 26.1 Å². The molecule has 0 atom stereocenters. The van der Waals surface area contributed by atoms with E-state index in [9.17, 15) is 9.59 Å². The maximum Gasteiger partial charge on any atom is 0.305 e. The smallest absolute Gasteiger partial charge is 0.305 e. The maximum atomic E-state index is 11.5. The van der Waals surface area contributed by atoms with Gasteiger partial charge in [0.25, 0.3) is 0 Å². The zero-order chi connectivity index (χ0) is 15.3. The number of carbonyl (C=O) groups is 2. The molecular formula is C17H24O4. The minimum atomic E-state index is -0.165. The van der Waals surface area contributed by atoms with Crippen LogP contribution in [0.2, 0.25) is 0 Å². The van der Waals surface area contributed by atoms with E-state index < -0.39 is 0 Å². The summed E-state index contributed by atoms with van der Waals surface area (Å²) in [7, 11) is 0. The molecule has 0 N–H and O–H groups in total. The fourth-order valence-corrected chi connectivity index (χ4v) is 1.95. The molecule has 0 saturated heterocycles. The van der Waals surface area contributed by atoms with Gasteiger partial charge in [0.15, 0.2) is 0 Å². The number of hydrogen-bond donors (Lipinski definition) is 0. The van der Waals surface area contributed by atoms with Gasteiger partial charge in [0, 0.05) is 19.3 Å². The topological polar surface area (TPSA) is 52.6 Å². The van der Waals surface area contributed by atoms with Gasteiger partial charge in [-0.3, -0.25) is 9.59 Å². The van der Waals surface area contributed by atoms with Gasteiger partial charge in [0.1, 0.15) is 0 Å². The molecule has 0 aliphatic carbocycles. The van der Waals surface area contributed by atoms with Gasteiger partial charge in [-0.2, -0.15) is 0 Å². The van der Waals surface area contributed by atoms with E-state index >= 15 is 0 Å². The lowest BCUT2D eigenvalue weighted by Crippen LogP contribution is -2.08. The molecule has 21 heavy (non-hydrogen) atoms. The largest absolute Gasteiger partial charge is 0.466 e. The Labute approximate surface area is 126 Å². The number of esters is 2. The van der Waals surface area contributed by atoms with Crippen LogP contribution in [0.3, 0.4) is 0 Å². The molecule has 0 saturated carbocycles. The van der Waals surface area contributed by atoms with Crippen molar-refractivity contribution < 1.29 is 19.1 Å². The number of carbonyl (C=O) groups excluding carboxylic acids is 2. The fraction of sp³-hybridized carbons (Fsp3) is 0.529. The zero-order valence-electron chi connectivity index (χ0n) is 12.7. The van der Waals surface area contributed by atoms with Gasteiger partial charge < -0.3 is 9.47 Å². The molecule has 1 aromatic carbocycles. The summed E-state index contributed by atoms with van der Waals surface area (Å²) in [6, 6.07) is 9.94. The number of unbranched alkanes of at least 4 members (excludes halogenated alkanes) is 2. The highest BCUT2D eigenvalue weighted by Gasteiger charge is 2.04. The lowest BCUT2D eigenvalue weighted by atomic mass is 10.1. The molecule has 0 aromatic heterocycles. The Morgan fingerprint density at radius 3 is 2.14 bits per heavy atom. The Hall–Kier alpha value is -1.84. The van der Waals surface area contributed by atoms with Crippen LogP contribution in [0, 0.1) is 0 Å². The molecule has 0 heterocycles. The molecule has 116 valence electrons. The van der Waals surface area contributed by atoms with E-state index in [2.05, 4.69) is 0 Å². The maximum absolute atomic E-state index is 11.5. The minimum absolute atomic E-state index is 0.164. The van der Waals surface area contributed by atoms with Crippen LogP contribution >= 0.6 is 0 Å². The summed E-state index contributed by atoms with van der Waals surface area (Å²) < 4.78 is 10.0. The van der Waals surface area contributed by atoms with Crippen LogP contribution in [0.15, 0.2) is 30.3 Å². The third-order valence-corrected chi connectivity index (χ3v) is 3.06. The van der Waals surface area contributed by atoms with Gasteiger partial charge in [-0.15, -0.1) is 0 Å². The Morgan fingerprint density at radius 1 is 0.905 bits per heavy atom. The zero-order valence-corrected chi connectivity index (χ0v) is 12.7. The van der Waals surface area contributed by atoms with Gasteiger partial charge in [0.2, 0.25) is 0 Å². The van der Waals surface area contributed by atoms with Crippen LogP contribution in [-0.2, 0) is 25.5 Å². The lowest BCUT2D eigenvalue weighted by molar-refractivity contribution is -0.143. The van der Waals surface area contributed by atoms with Crippen molar-refractivity contribution in [2.75, 3.05) is 13.2 Å². The molecule has 0 fully saturated rings. The first-order chi connectivity index (χ1) is 10.2. The van der Waals surface area contributed by atoms with E-state index in [1.807, 2.05) is 30.3 Å². The van der Waals surface area contributed by atoms with Crippen LogP contribution in [0.5, 0.6) is 0 Å². The van der Waals surface area contributed by atoms with Crippen LogP contribution < -0.4 is 0 Å². The van der Waals surface area contributed by atoms with Gasteiger partial charge in [-0.25, -0.2) is 0 Å². The molecule has 1 rings (SSSR count). The highest BCUT2D eigenvalue weighted by Crippen LogP contribution is 2.06. The SMILES string of the molecule is CCOC(=O)CCCCCC(=O)OCCc1ccccc1. The van der Waals surface area contributed by atoms with Crippen molar-refractivity contribution in [3.8, 4) is 0 Å². The molecule has 0 bridgehead atoms. The Kier molecular flexibility index (Phi) is 8.93. The van der Waals surface area contributed by atoms with Gasteiger partial charge in [-0.05, 0) is 25.3 Å². The Morgan fingerprint density at radius 2 is 1.52 bits per heavy atom. The predicted octanol–water partition coefficient (Wildman–Crippen LogP) is 3.29. The fourth-order valence-electron chi connectivity index (χ4n) is 1.95. The standard InChI is InChI=1S/C17H24O4/c1-2-20-16(18)11-7-4-8-12-17(19)21-14-13-15-9-5-3-6-10-15/h3,5-6,9-10H,2,4,7-8,11-14H2,1H3. The van der Waals surface area contributed by atoms with Crippen molar-refractivity contribution in [1.82, 2.24) is 0 Å². The third kappa shape index (κ3) is 8.84. The monoisotopic (exact) mass is 292 g/mol. The highest BCUT2D eigenvalue weighted by molar-refractivity contribution is 5.69. The third-order valence-electron chi connectivity index (χ3n) is 3.06. The van der Waals surface area contributed by atoms with Crippen molar-refractivity contribution in [3.05, 3.63) is 35.9 Å². The summed E-state index contributed by atoms with van der Waals surface area (Å²) in [6.45, 7) is 2.64. The quantitative estimate of drug-likeness (QED) is 0.490. The second-order valence-corrected chi connectivity index (χ2v) is 4.82. The Bertz CT molecular complexity index is 414. The van der Waals surface area contributed by atoms with Crippen molar-refractivity contribution in [3.63, 3.8) is 0 Å². The van der Waals surface area contributed by atoms with E-state index in [4.69, 9.17) is 9.47 Å². The number of ether oxygens (including phenoxy) is 2. The average molecular weight is 292 g/mol. The molecule has 1 aromatic rings. The first kappa shape index (κ1) is 17.2. The molecule has 0 unspecified atom stereocenters. The van der Waals surface area contributed by atoms with Crippen LogP contribution in [-0.4, -0.2) is 25.2 Å². The summed E-state index contributed by atoms with van der Waals surface area (Å²) in [5, 5.41) is 0. The van der Waals surface area contributed by atoms with E-state index in [1.165, 1.54) is 5.56 Å². The first-order valence-electron chi connectivity index (χ1n) is 7.57. The summed E-state index contributed by atoms with van der Waals surface area (Å²) >= 11 is 0. The molecule has 0 aliphatic heterocycles. The lowest BCUT2D eigenvalue weighted by Gasteiger charge is -2.05. The highest BCUT2D eigenvalue weighted by atomic mass is 16.5. The predicted molar refractivity (Wildman–Crippen MR) is 80.8 cm³/mol. The number of benzene rings is 1. The first-order valence-corrected chi connectivity index (χ1v) is 7.57.